The van der Waals surface area contributed by atoms with Gasteiger partial charge in [-0.3, -0.25) is 4.99 Å². The Morgan fingerprint density at radius 3 is 2.33 bits per heavy atom. The largest absolute Gasteiger partial charge is 0.370 e. The maximum absolute atomic E-state index is 6.09. The van der Waals surface area contributed by atoms with E-state index >= 15 is 0 Å². The summed E-state index contributed by atoms with van der Waals surface area (Å²) in [5.74, 6) is 1.44. The van der Waals surface area contributed by atoms with Crippen LogP contribution in [0, 0.1) is 5.92 Å². The van der Waals surface area contributed by atoms with E-state index in [9.17, 15) is 0 Å². The monoisotopic (exact) mass is 254 g/mol. The van der Waals surface area contributed by atoms with Gasteiger partial charge >= 0.3 is 0 Å². The second kappa shape index (κ2) is 7.62. The van der Waals surface area contributed by atoms with Crippen LogP contribution in [0.2, 0.25) is 0 Å². The number of aliphatic imine (C=N–C) groups is 1. The summed E-state index contributed by atoms with van der Waals surface area (Å²) < 4.78 is 0. The van der Waals surface area contributed by atoms with Crippen LogP contribution in [0.25, 0.3) is 0 Å². The Labute approximate surface area is 112 Å². The molecule has 0 bridgehead atoms. The molecule has 1 atom stereocenters. The SMILES string of the molecule is CC(C)CC(CN=C(N)N1CCCCC1)N(C)C. The van der Waals surface area contributed by atoms with Gasteiger partial charge in [0, 0.05) is 19.1 Å². The highest BCUT2D eigenvalue weighted by Crippen LogP contribution is 2.11. The fraction of sp³-hybridized carbons (Fsp3) is 0.929. The minimum atomic E-state index is 0.494. The van der Waals surface area contributed by atoms with E-state index in [0.29, 0.717) is 12.0 Å². The van der Waals surface area contributed by atoms with E-state index in [4.69, 9.17) is 5.73 Å². The van der Waals surface area contributed by atoms with Crippen LogP contribution < -0.4 is 5.73 Å². The second-order valence-corrected chi connectivity index (χ2v) is 5.99. The molecule has 1 aliphatic rings. The van der Waals surface area contributed by atoms with Crippen molar-refractivity contribution in [2.24, 2.45) is 16.6 Å². The number of piperidine rings is 1. The van der Waals surface area contributed by atoms with E-state index in [2.05, 4.69) is 42.7 Å². The van der Waals surface area contributed by atoms with E-state index in [1.807, 2.05) is 0 Å². The van der Waals surface area contributed by atoms with Crippen LogP contribution in [0.1, 0.15) is 39.5 Å². The summed E-state index contributed by atoms with van der Waals surface area (Å²) in [6, 6.07) is 0.494. The molecule has 0 saturated carbocycles. The molecule has 4 nitrogen and oxygen atoms in total. The Morgan fingerprint density at radius 1 is 1.22 bits per heavy atom. The summed E-state index contributed by atoms with van der Waals surface area (Å²) in [5, 5.41) is 0. The number of hydrogen-bond acceptors (Lipinski definition) is 2. The first-order valence-electron chi connectivity index (χ1n) is 7.22. The molecule has 2 N–H and O–H groups in total. The lowest BCUT2D eigenvalue weighted by Crippen LogP contribution is -2.42. The van der Waals surface area contributed by atoms with Crippen molar-refractivity contribution in [3.8, 4) is 0 Å². The molecule has 0 aromatic carbocycles. The number of nitrogens with two attached hydrogens (primary N) is 1. The summed E-state index contributed by atoms with van der Waals surface area (Å²) in [6.07, 6.45) is 5.00. The van der Waals surface area contributed by atoms with Crippen molar-refractivity contribution in [1.82, 2.24) is 9.80 Å². The van der Waals surface area contributed by atoms with Gasteiger partial charge in [0.15, 0.2) is 5.96 Å². The summed E-state index contributed by atoms with van der Waals surface area (Å²) in [6.45, 7) is 7.48. The van der Waals surface area contributed by atoms with E-state index < -0.39 is 0 Å². The number of hydrogen-bond donors (Lipinski definition) is 1. The lowest BCUT2D eigenvalue weighted by molar-refractivity contribution is 0.259. The third-order valence-corrected chi connectivity index (χ3v) is 3.62. The fourth-order valence-corrected chi connectivity index (χ4v) is 2.41. The molecule has 1 unspecified atom stereocenters. The molecule has 106 valence electrons. The van der Waals surface area contributed by atoms with Gasteiger partial charge in [-0.1, -0.05) is 13.8 Å². The first kappa shape index (κ1) is 15.3. The molecule has 1 aliphatic heterocycles. The van der Waals surface area contributed by atoms with Crippen LogP contribution in [-0.4, -0.2) is 55.5 Å². The second-order valence-electron chi connectivity index (χ2n) is 5.99. The molecule has 1 saturated heterocycles. The molecule has 0 aromatic rings. The molecule has 0 aliphatic carbocycles. The van der Waals surface area contributed by atoms with E-state index in [0.717, 1.165) is 25.6 Å². The van der Waals surface area contributed by atoms with Gasteiger partial charge < -0.3 is 15.5 Å². The molecule has 18 heavy (non-hydrogen) atoms. The quantitative estimate of drug-likeness (QED) is 0.601. The third kappa shape index (κ3) is 5.25. The summed E-state index contributed by atoms with van der Waals surface area (Å²) in [4.78, 5) is 9.09. The predicted molar refractivity (Wildman–Crippen MR) is 78.8 cm³/mol. The molecule has 4 heteroatoms. The Kier molecular flexibility index (Phi) is 6.47. The zero-order valence-electron chi connectivity index (χ0n) is 12.5. The van der Waals surface area contributed by atoms with E-state index in [1.165, 1.54) is 25.7 Å². The molecule has 0 radical (unpaired) electrons. The van der Waals surface area contributed by atoms with Crippen molar-refractivity contribution in [3.63, 3.8) is 0 Å². The fourth-order valence-electron chi connectivity index (χ4n) is 2.41. The molecule has 0 aromatic heterocycles. The number of likely N-dealkylation sites (N-methyl/N-ethyl adjacent to an activating group) is 1. The highest BCUT2D eigenvalue weighted by molar-refractivity contribution is 5.78. The first-order valence-corrected chi connectivity index (χ1v) is 7.22. The number of likely N-dealkylation sites (tertiary alicyclic amines) is 1. The number of guanidine groups is 1. The number of nitrogens with zero attached hydrogens (tertiary/aromatic N) is 3. The zero-order valence-corrected chi connectivity index (χ0v) is 12.5. The maximum Gasteiger partial charge on any atom is 0.191 e. The minimum absolute atomic E-state index is 0.494. The van der Waals surface area contributed by atoms with Gasteiger partial charge in [0.25, 0.3) is 0 Å². The van der Waals surface area contributed by atoms with E-state index in [-0.39, 0.29) is 0 Å². The minimum Gasteiger partial charge on any atom is -0.370 e. The predicted octanol–water partition coefficient (Wildman–Crippen LogP) is 1.76. The van der Waals surface area contributed by atoms with Crippen LogP contribution in [0.15, 0.2) is 4.99 Å². The van der Waals surface area contributed by atoms with Crippen LogP contribution in [0.3, 0.4) is 0 Å². The third-order valence-electron chi connectivity index (χ3n) is 3.62. The average molecular weight is 254 g/mol. The van der Waals surface area contributed by atoms with Gasteiger partial charge in [0.1, 0.15) is 0 Å². The summed E-state index contributed by atoms with van der Waals surface area (Å²) in [7, 11) is 4.25. The van der Waals surface area contributed by atoms with Crippen molar-refractivity contribution >= 4 is 5.96 Å². The Balaban J connectivity index is 2.47. The Hall–Kier alpha value is -0.770. The zero-order chi connectivity index (χ0) is 13.5. The Bertz CT molecular complexity index is 255. The number of rotatable bonds is 5. The van der Waals surface area contributed by atoms with Gasteiger partial charge in [-0.2, -0.15) is 0 Å². The van der Waals surface area contributed by atoms with Gasteiger partial charge in [-0.05, 0) is 45.7 Å². The molecule has 0 spiro atoms. The molecular formula is C14H30N4. The van der Waals surface area contributed by atoms with Gasteiger partial charge in [-0.15, -0.1) is 0 Å². The standard InChI is InChI=1S/C14H30N4/c1-12(2)10-13(17(3)4)11-16-14(15)18-8-6-5-7-9-18/h12-13H,5-11H2,1-4H3,(H2,15,16). The van der Waals surface area contributed by atoms with Crippen LogP contribution in [0.4, 0.5) is 0 Å². The van der Waals surface area contributed by atoms with Crippen molar-refractivity contribution in [1.29, 1.82) is 0 Å². The summed E-state index contributed by atoms with van der Waals surface area (Å²) >= 11 is 0. The highest BCUT2D eigenvalue weighted by atomic mass is 15.3. The van der Waals surface area contributed by atoms with Crippen LogP contribution in [-0.2, 0) is 0 Å². The van der Waals surface area contributed by atoms with Gasteiger partial charge in [0.2, 0.25) is 0 Å². The summed E-state index contributed by atoms with van der Waals surface area (Å²) in [5.41, 5.74) is 6.09. The average Bonchev–Trinajstić information content (AvgIpc) is 2.34. The molecule has 0 amide bonds. The maximum atomic E-state index is 6.09. The topological polar surface area (TPSA) is 44.9 Å². The lowest BCUT2D eigenvalue weighted by Gasteiger charge is -2.29. The van der Waals surface area contributed by atoms with Crippen molar-refractivity contribution < 1.29 is 0 Å². The van der Waals surface area contributed by atoms with Gasteiger partial charge in [-0.25, -0.2) is 0 Å². The van der Waals surface area contributed by atoms with Crippen molar-refractivity contribution in [3.05, 3.63) is 0 Å². The molecular weight excluding hydrogens is 224 g/mol. The van der Waals surface area contributed by atoms with Crippen molar-refractivity contribution in [2.75, 3.05) is 33.7 Å². The van der Waals surface area contributed by atoms with Crippen LogP contribution in [0.5, 0.6) is 0 Å². The molecule has 1 heterocycles. The Morgan fingerprint density at radius 2 is 1.83 bits per heavy atom. The molecule has 1 rings (SSSR count). The van der Waals surface area contributed by atoms with Gasteiger partial charge in [0.05, 0.1) is 6.54 Å². The highest BCUT2D eigenvalue weighted by Gasteiger charge is 2.15. The molecule has 1 fully saturated rings. The van der Waals surface area contributed by atoms with Crippen molar-refractivity contribution in [2.45, 2.75) is 45.6 Å². The van der Waals surface area contributed by atoms with E-state index in [1.54, 1.807) is 0 Å². The normalized spacial score (nSPS) is 19.7. The smallest absolute Gasteiger partial charge is 0.191 e. The van der Waals surface area contributed by atoms with Crippen LogP contribution >= 0.6 is 0 Å². The first-order chi connectivity index (χ1) is 8.50. The lowest BCUT2D eigenvalue weighted by atomic mass is 10.0.